The van der Waals surface area contributed by atoms with E-state index in [1.54, 1.807) is 0 Å². The number of fused-ring (bicyclic) bond motifs is 2. The Morgan fingerprint density at radius 1 is 1.38 bits per heavy atom. The van der Waals surface area contributed by atoms with Crippen molar-refractivity contribution in [3.05, 3.63) is 47.7 Å². The molecule has 0 unspecified atom stereocenters. The molecule has 0 saturated carbocycles. The van der Waals surface area contributed by atoms with Gasteiger partial charge in [-0.25, -0.2) is 9.36 Å². The third-order valence-electron chi connectivity index (χ3n) is 6.09. The van der Waals surface area contributed by atoms with Gasteiger partial charge in [-0.1, -0.05) is 5.16 Å². The van der Waals surface area contributed by atoms with E-state index in [2.05, 4.69) is 25.1 Å². The molecule has 17 heteroatoms. The molecular formula is C22H25N10O5S2+. The molecule has 3 aromatic rings. The van der Waals surface area contributed by atoms with Crippen molar-refractivity contribution >= 4 is 63.4 Å². The smallest absolute Gasteiger partial charge is 0.352 e. The number of aromatic nitrogens is 4. The van der Waals surface area contributed by atoms with Gasteiger partial charge in [0.05, 0.1) is 0 Å². The molecule has 2 aliphatic rings. The van der Waals surface area contributed by atoms with Crippen LogP contribution in [0, 0.1) is 0 Å². The van der Waals surface area contributed by atoms with Crippen molar-refractivity contribution < 1.29 is 28.9 Å². The van der Waals surface area contributed by atoms with Crippen LogP contribution in [0.2, 0.25) is 0 Å². The van der Waals surface area contributed by atoms with Gasteiger partial charge in [0.15, 0.2) is 10.9 Å². The zero-order chi connectivity index (χ0) is 27.7. The second-order valence-corrected chi connectivity index (χ2v) is 10.4. The molecule has 7 N–H and O–H groups in total. The number of aliphatic carboxylic acids is 1. The van der Waals surface area contributed by atoms with E-state index >= 15 is 0 Å². The largest absolute Gasteiger partial charge is 0.477 e. The predicted octanol–water partition coefficient (Wildman–Crippen LogP) is -1.18. The molecule has 0 aromatic carbocycles. The van der Waals surface area contributed by atoms with Gasteiger partial charge in [-0.15, -0.1) is 11.8 Å². The fraction of sp³-hybridized carbons (Fsp3) is 0.318. The molecule has 5 rings (SSSR count). The lowest BCUT2D eigenvalue weighted by Gasteiger charge is -2.49. The summed E-state index contributed by atoms with van der Waals surface area (Å²) in [5.41, 5.74) is 12.3. The third-order valence-corrected chi connectivity index (χ3v) is 7.98. The van der Waals surface area contributed by atoms with Gasteiger partial charge in [-0.05, 0) is 6.07 Å². The first-order chi connectivity index (χ1) is 18.8. The highest BCUT2D eigenvalue weighted by Gasteiger charge is 2.54. The average Bonchev–Trinajstić information content (AvgIpc) is 3.54. The minimum Gasteiger partial charge on any atom is -0.477 e. The van der Waals surface area contributed by atoms with Gasteiger partial charge in [0.25, 0.3) is 17.5 Å². The number of amides is 2. The van der Waals surface area contributed by atoms with Crippen molar-refractivity contribution in [2.75, 3.05) is 37.0 Å². The molecule has 0 radical (unpaired) electrons. The highest BCUT2D eigenvalue weighted by Crippen LogP contribution is 2.40. The molecule has 0 bridgehead atoms. The zero-order valence-electron chi connectivity index (χ0n) is 20.6. The van der Waals surface area contributed by atoms with Crippen molar-refractivity contribution in [3.63, 3.8) is 0 Å². The van der Waals surface area contributed by atoms with Crippen LogP contribution in [0.25, 0.3) is 5.65 Å². The van der Waals surface area contributed by atoms with Gasteiger partial charge < -0.3 is 32.0 Å². The molecule has 0 spiro atoms. The Morgan fingerprint density at radius 2 is 2.21 bits per heavy atom. The maximum Gasteiger partial charge on any atom is 0.352 e. The van der Waals surface area contributed by atoms with Crippen LogP contribution >= 0.6 is 23.3 Å². The van der Waals surface area contributed by atoms with E-state index in [9.17, 15) is 19.5 Å². The van der Waals surface area contributed by atoms with Crippen molar-refractivity contribution in [2.45, 2.75) is 18.0 Å². The summed E-state index contributed by atoms with van der Waals surface area (Å²) in [4.78, 5) is 48.3. The first kappa shape index (κ1) is 26.4. The number of nitrogens with two attached hydrogens (primary N) is 2. The van der Waals surface area contributed by atoms with E-state index < -0.39 is 29.2 Å². The predicted molar refractivity (Wildman–Crippen MR) is 143 cm³/mol. The lowest BCUT2D eigenvalue weighted by atomic mass is 10.0. The monoisotopic (exact) mass is 573 g/mol. The maximum atomic E-state index is 13.1. The third kappa shape index (κ3) is 4.86. The molecule has 0 aliphatic carbocycles. The molecule has 39 heavy (non-hydrogen) atoms. The molecule has 204 valence electrons. The molecule has 1 fully saturated rings. The van der Waals surface area contributed by atoms with Gasteiger partial charge in [-0.2, -0.15) is 13.8 Å². The number of hydrogen-bond acceptors (Lipinski definition) is 12. The summed E-state index contributed by atoms with van der Waals surface area (Å²) in [5, 5.41) is 19.1. The van der Waals surface area contributed by atoms with Crippen molar-refractivity contribution in [3.8, 4) is 0 Å². The van der Waals surface area contributed by atoms with E-state index in [0.29, 0.717) is 24.4 Å². The minimum atomic E-state index is -1.22. The van der Waals surface area contributed by atoms with E-state index in [1.165, 1.54) is 23.8 Å². The number of nitrogen functional groups attached to an aromatic ring is 1. The number of carbonyl (C=O) groups is 3. The average molecular weight is 574 g/mol. The Hall–Kier alpha value is -4.22. The van der Waals surface area contributed by atoms with Gasteiger partial charge in [-0.3, -0.25) is 14.5 Å². The van der Waals surface area contributed by atoms with E-state index in [4.69, 9.17) is 16.3 Å². The van der Waals surface area contributed by atoms with Crippen LogP contribution in [0.4, 0.5) is 10.9 Å². The van der Waals surface area contributed by atoms with E-state index in [-0.39, 0.29) is 28.9 Å². The number of pyridine rings is 1. The normalized spacial score (nSPS) is 19.1. The van der Waals surface area contributed by atoms with Gasteiger partial charge in [0.1, 0.15) is 43.2 Å². The number of rotatable bonds is 10. The number of hydrogen-bond donors (Lipinski definition) is 5. The van der Waals surface area contributed by atoms with Crippen LogP contribution in [-0.4, -0.2) is 84.6 Å². The van der Waals surface area contributed by atoms with Crippen LogP contribution in [-0.2, 0) is 25.8 Å². The van der Waals surface area contributed by atoms with Crippen LogP contribution < -0.4 is 26.7 Å². The Kier molecular flexibility index (Phi) is 7.36. The first-order valence-electron chi connectivity index (χ1n) is 11.7. The summed E-state index contributed by atoms with van der Waals surface area (Å²) in [7, 11) is 1.26. The molecule has 3 aromatic heterocycles. The Bertz CT molecular complexity index is 1520. The fourth-order valence-corrected chi connectivity index (χ4v) is 6.20. The van der Waals surface area contributed by atoms with Crippen molar-refractivity contribution in [1.29, 1.82) is 0 Å². The fourth-order valence-electron chi connectivity index (χ4n) is 4.43. The second kappa shape index (κ2) is 10.9. The molecular weight excluding hydrogens is 548 g/mol. The summed E-state index contributed by atoms with van der Waals surface area (Å²) in [5.74, 6) is -1.34. The van der Waals surface area contributed by atoms with Crippen LogP contribution in [0.5, 0.6) is 0 Å². The summed E-state index contributed by atoms with van der Waals surface area (Å²) >= 11 is 2.25. The summed E-state index contributed by atoms with van der Waals surface area (Å²) in [6.07, 6.45) is 3.72. The van der Waals surface area contributed by atoms with Crippen molar-refractivity contribution in [2.24, 2.45) is 10.9 Å². The Labute approximate surface area is 229 Å². The summed E-state index contributed by atoms with van der Waals surface area (Å²) < 4.78 is 7.82. The molecule has 5 heterocycles. The van der Waals surface area contributed by atoms with Crippen LogP contribution in [0.15, 0.2) is 47.0 Å². The first-order valence-corrected chi connectivity index (χ1v) is 13.5. The van der Waals surface area contributed by atoms with Gasteiger partial charge >= 0.3 is 5.97 Å². The highest BCUT2D eigenvalue weighted by molar-refractivity contribution is 8.00. The molecule has 2 aliphatic heterocycles. The van der Waals surface area contributed by atoms with E-state index in [0.717, 1.165) is 23.0 Å². The second-order valence-electron chi connectivity index (χ2n) is 8.48. The van der Waals surface area contributed by atoms with Crippen LogP contribution in [0.1, 0.15) is 5.82 Å². The van der Waals surface area contributed by atoms with Gasteiger partial charge in [0.2, 0.25) is 11.5 Å². The number of carbonyl (C=O) groups excluding carboxylic acids is 2. The number of anilines is 2. The number of β-lactam (4-membered cyclic amide) rings is 1. The zero-order valence-corrected chi connectivity index (χ0v) is 22.2. The highest BCUT2D eigenvalue weighted by atomic mass is 32.2. The molecule has 1 saturated heterocycles. The summed E-state index contributed by atoms with van der Waals surface area (Å²) in [6.45, 7) is 1.35. The Balaban J connectivity index is 1.36. The standard InChI is InChI=1S/C22H24N10O5S2/c1-37-28-14(17-27-22(24)39-29-17)18(33)26-15-19(34)32-16(21(35)36)11(10-38-20(15)32)9-30-7-8-31-12(25-6-5-23)3-2-4-13(30)31/h2-4,7-8,15,20H,5-6,9-10,23H2,1H3,(H4,24,26,27,29,33,35,36)/p+1/b28-14-/t15-,20+/m1/s1. The SMILES string of the molecule is CO/N=C(\C(=O)N[C@@H]1C(=O)N2C(C(=O)O)=C(C[n+]3ccn4c(NCCN)cccc43)CS[C@@H]12)c1nsc(N)n1. The number of carboxylic acid groups (broad SMARTS) is 1. The quantitative estimate of drug-likeness (QED) is 0.0844. The Morgan fingerprint density at radius 3 is 2.90 bits per heavy atom. The van der Waals surface area contributed by atoms with Crippen LogP contribution in [0.3, 0.4) is 0 Å². The summed E-state index contributed by atoms with van der Waals surface area (Å²) in [6, 6.07) is 4.77. The number of carboxylic acids is 1. The lowest BCUT2D eigenvalue weighted by Crippen LogP contribution is -2.71. The molecule has 2 atom stereocenters. The number of oxime groups is 1. The minimum absolute atomic E-state index is 0.0385. The van der Waals surface area contributed by atoms with E-state index in [1.807, 2.05) is 39.6 Å². The number of thioether (sulfide) groups is 1. The number of imidazole rings is 1. The van der Waals surface area contributed by atoms with Crippen molar-refractivity contribution in [1.82, 2.24) is 24.0 Å². The topological polar surface area (TPSA) is 206 Å². The molecule has 2 amide bonds. The number of nitrogens with one attached hydrogen (secondary N) is 2. The number of nitrogens with zero attached hydrogens (tertiary/aromatic N) is 6. The maximum absolute atomic E-state index is 13.1. The van der Waals surface area contributed by atoms with Gasteiger partial charge in [0, 0.05) is 48.1 Å². The lowest BCUT2D eigenvalue weighted by molar-refractivity contribution is -0.662. The molecule has 15 nitrogen and oxygen atoms in total.